The molecule has 0 unspecified atom stereocenters. The van der Waals surface area contributed by atoms with Gasteiger partial charge < -0.3 is 10.1 Å². The van der Waals surface area contributed by atoms with E-state index in [1.54, 1.807) is 36.4 Å². The van der Waals surface area contributed by atoms with Crippen LogP contribution in [0.5, 0.6) is 5.75 Å². The van der Waals surface area contributed by atoms with E-state index in [0.717, 1.165) is 5.56 Å². The lowest BCUT2D eigenvalue weighted by atomic mass is 10.2. The highest BCUT2D eigenvalue weighted by molar-refractivity contribution is 5.90. The molecule has 110 valence electrons. The number of hydroxylamine groups is 1. The van der Waals surface area contributed by atoms with E-state index in [1.807, 2.05) is 0 Å². The summed E-state index contributed by atoms with van der Waals surface area (Å²) >= 11 is 0. The second-order valence-corrected chi connectivity index (χ2v) is 4.17. The van der Waals surface area contributed by atoms with Crippen LogP contribution in [0.1, 0.15) is 5.56 Å². The predicted octanol–water partition coefficient (Wildman–Crippen LogP) is 3.09. The number of para-hydroxylation sites is 2. The number of carbonyl (C=O) groups is 1. The SMILES string of the molecule is COc1ccccc1NC(=O)NOCc1ccc(F)cc1. The lowest BCUT2D eigenvalue weighted by Crippen LogP contribution is -2.28. The van der Waals surface area contributed by atoms with Crippen molar-refractivity contribution < 1.29 is 18.8 Å². The summed E-state index contributed by atoms with van der Waals surface area (Å²) in [6.45, 7) is 0.139. The van der Waals surface area contributed by atoms with E-state index in [0.29, 0.717) is 11.4 Å². The third kappa shape index (κ3) is 4.47. The lowest BCUT2D eigenvalue weighted by Gasteiger charge is -2.10. The fourth-order valence-electron chi connectivity index (χ4n) is 1.66. The van der Waals surface area contributed by atoms with Gasteiger partial charge >= 0.3 is 6.03 Å². The number of carbonyl (C=O) groups excluding carboxylic acids is 1. The van der Waals surface area contributed by atoms with Crippen LogP contribution in [-0.4, -0.2) is 13.1 Å². The third-order valence-electron chi connectivity index (χ3n) is 2.67. The fraction of sp³-hybridized carbons (Fsp3) is 0.133. The number of hydrogen-bond donors (Lipinski definition) is 2. The molecule has 0 aromatic heterocycles. The maximum atomic E-state index is 12.7. The van der Waals surface area contributed by atoms with Crippen molar-refractivity contribution in [3.8, 4) is 5.75 Å². The number of urea groups is 1. The zero-order chi connectivity index (χ0) is 15.1. The van der Waals surface area contributed by atoms with Crippen LogP contribution in [0.2, 0.25) is 0 Å². The molecule has 0 aliphatic carbocycles. The van der Waals surface area contributed by atoms with Crippen molar-refractivity contribution >= 4 is 11.7 Å². The van der Waals surface area contributed by atoms with E-state index in [9.17, 15) is 9.18 Å². The molecular formula is C15H15FN2O3. The van der Waals surface area contributed by atoms with Crippen molar-refractivity contribution in [2.24, 2.45) is 0 Å². The summed E-state index contributed by atoms with van der Waals surface area (Å²) in [4.78, 5) is 16.7. The first-order chi connectivity index (χ1) is 10.2. The first-order valence-electron chi connectivity index (χ1n) is 6.25. The highest BCUT2D eigenvalue weighted by Gasteiger charge is 2.06. The molecule has 5 nitrogen and oxygen atoms in total. The van der Waals surface area contributed by atoms with Gasteiger partial charge in [-0.3, -0.25) is 4.84 Å². The van der Waals surface area contributed by atoms with Crippen LogP contribution in [0, 0.1) is 5.82 Å². The van der Waals surface area contributed by atoms with E-state index in [-0.39, 0.29) is 12.4 Å². The molecule has 21 heavy (non-hydrogen) atoms. The first-order valence-corrected chi connectivity index (χ1v) is 6.25. The standard InChI is InChI=1S/C15H15FN2O3/c1-20-14-5-3-2-4-13(14)17-15(19)18-21-10-11-6-8-12(16)9-7-11/h2-9H,10H2,1H3,(H2,17,18,19). The fourth-order valence-corrected chi connectivity index (χ4v) is 1.66. The van der Waals surface area contributed by atoms with Gasteiger partial charge in [-0.2, -0.15) is 0 Å². The molecule has 0 saturated heterocycles. The average molecular weight is 290 g/mol. The van der Waals surface area contributed by atoms with Gasteiger partial charge in [-0.1, -0.05) is 24.3 Å². The van der Waals surface area contributed by atoms with Gasteiger partial charge in [0.2, 0.25) is 0 Å². The predicted molar refractivity (Wildman–Crippen MR) is 76.3 cm³/mol. The monoisotopic (exact) mass is 290 g/mol. The molecule has 0 fully saturated rings. The number of nitrogens with one attached hydrogen (secondary N) is 2. The van der Waals surface area contributed by atoms with Gasteiger partial charge in [-0.05, 0) is 29.8 Å². The minimum absolute atomic E-state index is 0.139. The van der Waals surface area contributed by atoms with Gasteiger partial charge in [0.15, 0.2) is 0 Å². The van der Waals surface area contributed by atoms with Gasteiger partial charge in [0.1, 0.15) is 11.6 Å². The van der Waals surface area contributed by atoms with Crippen molar-refractivity contribution in [3.05, 3.63) is 59.9 Å². The lowest BCUT2D eigenvalue weighted by molar-refractivity contribution is 0.0535. The minimum atomic E-state index is -0.526. The van der Waals surface area contributed by atoms with Crippen molar-refractivity contribution in [2.75, 3.05) is 12.4 Å². The van der Waals surface area contributed by atoms with E-state index >= 15 is 0 Å². The molecule has 0 bridgehead atoms. The number of anilines is 1. The number of benzene rings is 2. The van der Waals surface area contributed by atoms with Crippen molar-refractivity contribution in [3.63, 3.8) is 0 Å². The second-order valence-electron chi connectivity index (χ2n) is 4.17. The molecule has 0 spiro atoms. The Kier molecular flexibility index (Phi) is 5.11. The molecule has 0 saturated carbocycles. The first kappa shape index (κ1) is 14.8. The second kappa shape index (κ2) is 7.25. The summed E-state index contributed by atoms with van der Waals surface area (Å²) in [5.41, 5.74) is 3.52. The Morgan fingerprint density at radius 1 is 1.14 bits per heavy atom. The van der Waals surface area contributed by atoms with Crippen LogP contribution in [0.4, 0.5) is 14.9 Å². The molecule has 0 aliphatic heterocycles. The molecule has 2 aromatic rings. The Morgan fingerprint density at radius 3 is 2.57 bits per heavy atom. The van der Waals surface area contributed by atoms with Crippen molar-refractivity contribution in [1.82, 2.24) is 5.48 Å². The van der Waals surface area contributed by atoms with Crippen molar-refractivity contribution in [2.45, 2.75) is 6.61 Å². The van der Waals surface area contributed by atoms with Gasteiger partial charge in [0.05, 0.1) is 19.4 Å². The molecular weight excluding hydrogens is 275 g/mol. The highest BCUT2D eigenvalue weighted by Crippen LogP contribution is 2.22. The summed E-state index contributed by atoms with van der Waals surface area (Å²) in [6.07, 6.45) is 0. The van der Waals surface area contributed by atoms with E-state index in [2.05, 4.69) is 10.8 Å². The normalized spacial score (nSPS) is 10.0. The number of ether oxygens (including phenoxy) is 1. The third-order valence-corrected chi connectivity index (χ3v) is 2.67. The van der Waals surface area contributed by atoms with E-state index in [1.165, 1.54) is 19.2 Å². The molecule has 0 radical (unpaired) electrons. The Labute approximate surface area is 121 Å². The number of amides is 2. The quantitative estimate of drug-likeness (QED) is 0.832. The zero-order valence-electron chi connectivity index (χ0n) is 11.4. The van der Waals surface area contributed by atoms with Crippen LogP contribution in [-0.2, 0) is 11.4 Å². The number of rotatable bonds is 5. The molecule has 2 rings (SSSR count). The number of methoxy groups -OCH3 is 1. The van der Waals surface area contributed by atoms with Gasteiger partial charge in [0, 0.05) is 0 Å². The van der Waals surface area contributed by atoms with E-state index < -0.39 is 6.03 Å². The maximum Gasteiger partial charge on any atom is 0.343 e. The average Bonchev–Trinajstić information content (AvgIpc) is 2.50. The Hall–Kier alpha value is -2.60. The summed E-state index contributed by atoms with van der Waals surface area (Å²) in [5, 5.41) is 2.60. The van der Waals surface area contributed by atoms with Gasteiger partial charge in [-0.15, -0.1) is 0 Å². The van der Waals surface area contributed by atoms with Crippen molar-refractivity contribution in [1.29, 1.82) is 0 Å². The minimum Gasteiger partial charge on any atom is -0.495 e. The van der Waals surface area contributed by atoms with Crippen LogP contribution >= 0.6 is 0 Å². The molecule has 0 heterocycles. The molecule has 6 heteroatoms. The van der Waals surface area contributed by atoms with Crippen LogP contribution in [0.3, 0.4) is 0 Å². The maximum absolute atomic E-state index is 12.7. The number of hydrogen-bond acceptors (Lipinski definition) is 3. The highest BCUT2D eigenvalue weighted by atomic mass is 19.1. The molecule has 2 N–H and O–H groups in total. The van der Waals surface area contributed by atoms with Crippen LogP contribution in [0.15, 0.2) is 48.5 Å². The van der Waals surface area contributed by atoms with Crippen LogP contribution < -0.4 is 15.5 Å². The largest absolute Gasteiger partial charge is 0.495 e. The Bertz CT molecular complexity index is 602. The Morgan fingerprint density at radius 2 is 1.86 bits per heavy atom. The van der Waals surface area contributed by atoms with Gasteiger partial charge in [-0.25, -0.2) is 14.7 Å². The molecule has 0 aliphatic rings. The number of halogens is 1. The smallest absolute Gasteiger partial charge is 0.343 e. The summed E-state index contributed by atoms with van der Waals surface area (Å²) in [7, 11) is 1.52. The topological polar surface area (TPSA) is 59.6 Å². The molecule has 0 atom stereocenters. The Balaban J connectivity index is 1.81. The van der Waals surface area contributed by atoms with Gasteiger partial charge in [0.25, 0.3) is 0 Å². The van der Waals surface area contributed by atoms with E-state index in [4.69, 9.17) is 9.57 Å². The zero-order valence-corrected chi connectivity index (χ0v) is 11.4. The summed E-state index contributed by atoms with van der Waals surface area (Å²) in [6, 6.07) is 12.3. The summed E-state index contributed by atoms with van der Waals surface area (Å²) in [5.74, 6) is 0.229. The molecule has 2 amide bonds. The van der Waals surface area contributed by atoms with Crippen LogP contribution in [0.25, 0.3) is 0 Å². The molecule has 2 aromatic carbocycles. The summed E-state index contributed by atoms with van der Waals surface area (Å²) < 4.78 is 17.8.